The first-order valence-corrected chi connectivity index (χ1v) is 23.9. The van der Waals surface area contributed by atoms with Gasteiger partial charge in [-0.25, -0.2) is 8.42 Å². The Balaban J connectivity index is 1.46. The summed E-state index contributed by atoms with van der Waals surface area (Å²) < 4.78 is 52.5. The second-order valence-electron chi connectivity index (χ2n) is 17.1. The van der Waals surface area contributed by atoms with E-state index in [2.05, 4.69) is 23.7 Å². The van der Waals surface area contributed by atoms with Crippen LogP contribution in [-0.4, -0.2) is 84.2 Å². The molecule has 0 amide bonds. The van der Waals surface area contributed by atoms with Crippen LogP contribution in [0.15, 0.2) is 118 Å². The van der Waals surface area contributed by atoms with Crippen molar-refractivity contribution in [2.75, 3.05) is 33.1 Å². The van der Waals surface area contributed by atoms with E-state index in [0.717, 1.165) is 41.7 Å². The van der Waals surface area contributed by atoms with Crippen molar-refractivity contribution < 1.29 is 37.7 Å². The van der Waals surface area contributed by atoms with Crippen molar-refractivity contribution in [2.45, 2.75) is 98.9 Å². The molecule has 0 unspecified atom stereocenters. The van der Waals surface area contributed by atoms with E-state index >= 15 is 8.42 Å². The molecule has 0 spiro atoms. The van der Waals surface area contributed by atoms with Gasteiger partial charge in [0.1, 0.15) is 27.7 Å². The van der Waals surface area contributed by atoms with E-state index in [0.29, 0.717) is 46.7 Å². The summed E-state index contributed by atoms with van der Waals surface area (Å²) in [6.07, 6.45) is 12.2. The number of nitrogens with zero attached hydrogens (tertiary/aromatic N) is 3. The van der Waals surface area contributed by atoms with E-state index in [9.17, 15) is 10.2 Å². The van der Waals surface area contributed by atoms with Crippen molar-refractivity contribution in [3.05, 3.63) is 109 Å². The first-order chi connectivity index (χ1) is 29.3. The number of hydrogen-bond donors (Lipinski definition) is 2. The summed E-state index contributed by atoms with van der Waals surface area (Å²) in [7, 11) is -2.67. The third-order valence-corrected chi connectivity index (χ3v) is 14.7. The predicted molar refractivity (Wildman–Crippen MR) is 241 cm³/mol. The summed E-state index contributed by atoms with van der Waals surface area (Å²) in [5.74, 6) is -0.414. The van der Waals surface area contributed by atoms with Gasteiger partial charge in [0, 0.05) is 54.6 Å². The lowest BCUT2D eigenvalue weighted by Gasteiger charge is -2.59. The number of pyridine rings is 1. The van der Waals surface area contributed by atoms with E-state index in [1.165, 1.54) is 4.31 Å². The molecule has 3 aromatic carbocycles. The number of benzene rings is 3. The molecule has 6 atom stereocenters. The fourth-order valence-electron chi connectivity index (χ4n) is 9.35. The van der Waals surface area contributed by atoms with Crippen LogP contribution in [0, 0.1) is 17.8 Å². The van der Waals surface area contributed by atoms with Crippen molar-refractivity contribution in [1.29, 1.82) is 0 Å². The number of rotatable bonds is 18. The highest BCUT2D eigenvalue weighted by molar-refractivity contribution is 7.98. The molecule has 0 saturated heterocycles. The highest BCUT2D eigenvalue weighted by atomic mass is 32.2. The van der Waals surface area contributed by atoms with Gasteiger partial charge in [-0.3, -0.25) is 4.98 Å². The number of allylic oxidation sites excluding steroid dienone is 1. The van der Waals surface area contributed by atoms with E-state index < -0.39 is 33.4 Å². The Labute approximate surface area is 364 Å². The van der Waals surface area contributed by atoms with Crippen molar-refractivity contribution in [1.82, 2.24) is 9.29 Å². The lowest BCUT2D eigenvalue weighted by atomic mass is 9.55. The first-order valence-electron chi connectivity index (χ1n) is 21.3. The van der Waals surface area contributed by atoms with Crippen molar-refractivity contribution in [3.63, 3.8) is 0 Å². The quantitative estimate of drug-likeness (QED) is 0.0430. The number of hydrogen-bond acceptors (Lipinski definition) is 11. The molecule has 1 aromatic heterocycles. The zero-order chi connectivity index (χ0) is 43.4. The summed E-state index contributed by atoms with van der Waals surface area (Å²) in [6.45, 7) is 10.1. The number of sulfonamides is 1. The maximum Gasteiger partial charge on any atom is 0.245 e. The number of fused-ring (bicyclic) bond motifs is 3. The molecule has 2 N–H and O–H groups in total. The fraction of sp³-hybridized carbons (Fsp3) is 0.458. The largest absolute Gasteiger partial charge is 0.460 e. The number of thioether (sulfide) groups is 1. The van der Waals surface area contributed by atoms with Gasteiger partial charge in [0.05, 0.1) is 29.8 Å². The monoisotopic (exact) mass is 869 g/mol. The van der Waals surface area contributed by atoms with Gasteiger partial charge in [0.2, 0.25) is 15.8 Å². The number of unbranched alkanes of at least 4 members (excludes halogenated alkanes) is 2. The Morgan fingerprint density at radius 1 is 1.00 bits per heavy atom. The second-order valence-corrected chi connectivity index (χ2v) is 20.0. The molecular weight excluding hydrogens is 811 g/mol. The van der Waals surface area contributed by atoms with Crippen LogP contribution < -0.4 is 9.47 Å². The predicted octanol–water partition coefficient (Wildman–Crippen LogP) is 9.50. The molecule has 4 aromatic rings. The fourth-order valence-corrected chi connectivity index (χ4v) is 11.3. The normalized spacial score (nSPS) is 24.2. The maximum absolute atomic E-state index is 15.2. The molecule has 0 bridgehead atoms. The highest BCUT2D eigenvalue weighted by Gasteiger charge is 2.66. The van der Waals surface area contributed by atoms with E-state index in [1.54, 1.807) is 49.3 Å². The molecule has 1 aliphatic heterocycles. The van der Waals surface area contributed by atoms with Crippen LogP contribution in [0.1, 0.15) is 77.2 Å². The standard InChI is InChI=1S/C48H59N3O8S2/c1-7-28-56-48-43(51(5)61(54,55)42-18-12-15-32-16-13-25-49-46(32)42)31-40(50-59-47(2,3)4)38-29-33(14-8-10-26-52)37(17-9-11-27-53)44(45(38)48)39-30-35(21-24-41(39)58-48)57-34-19-22-36(60-6)23-20-34/h7,12-13,15-16,18-25,29-30,33,37,43-45,52-53H,1,8-11,14,17,26-28,31H2,2-6H3/t33-,37+,43-,44+,45+,48+/m0/s1. The number of ether oxygens (including phenoxy) is 3. The van der Waals surface area contributed by atoms with Gasteiger partial charge in [-0.1, -0.05) is 48.3 Å². The van der Waals surface area contributed by atoms with Crippen LogP contribution in [0.5, 0.6) is 17.2 Å². The number of aromatic nitrogens is 1. The summed E-state index contributed by atoms with van der Waals surface area (Å²) in [5, 5.41) is 25.4. The molecule has 2 aliphatic carbocycles. The van der Waals surface area contributed by atoms with Gasteiger partial charge in [-0.2, -0.15) is 4.31 Å². The molecule has 326 valence electrons. The zero-order valence-electron chi connectivity index (χ0n) is 35.8. The number of para-hydroxylation sites is 1. The number of oxime groups is 1. The van der Waals surface area contributed by atoms with Crippen LogP contribution >= 0.6 is 11.8 Å². The zero-order valence-corrected chi connectivity index (χ0v) is 37.5. The summed E-state index contributed by atoms with van der Waals surface area (Å²) in [5.41, 5.74) is 2.17. The molecule has 1 fully saturated rings. The van der Waals surface area contributed by atoms with Crippen molar-refractivity contribution >= 4 is 38.4 Å². The van der Waals surface area contributed by atoms with Gasteiger partial charge >= 0.3 is 0 Å². The van der Waals surface area contributed by atoms with Crippen LogP contribution in [0.4, 0.5) is 0 Å². The average molecular weight is 870 g/mol. The molecule has 3 aliphatic rings. The maximum atomic E-state index is 15.2. The lowest BCUT2D eigenvalue weighted by molar-refractivity contribution is -0.250. The lowest BCUT2D eigenvalue weighted by Crippen LogP contribution is -2.69. The molecule has 11 nitrogen and oxygen atoms in total. The van der Waals surface area contributed by atoms with Crippen LogP contribution in [-0.2, 0) is 19.6 Å². The van der Waals surface area contributed by atoms with Gasteiger partial charge in [-0.15, -0.1) is 18.3 Å². The highest BCUT2D eigenvalue weighted by Crippen LogP contribution is 2.62. The molecule has 7 rings (SSSR count). The molecule has 61 heavy (non-hydrogen) atoms. The number of aliphatic hydroxyl groups excluding tert-OH is 2. The second kappa shape index (κ2) is 19.0. The van der Waals surface area contributed by atoms with E-state index in [-0.39, 0.29) is 48.9 Å². The minimum Gasteiger partial charge on any atom is -0.460 e. The Bertz CT molecular complexity index is 2340. The van der Waals surface area contributed by atoms with Crippen LogP contribution in [0.25, 0.3) is 10.9 Å². The third kappa shape index (κ3) is 9.28. The van der Waals surface area contributed by atoms with Gasteiger partial charge in [-0.05, 0) is 125 Å². The topological polar surface area (TPSA) is 140 Å². The minimum atomic E-state index is -4.25. The Morgan fingerprint density at radius 3 is 2.43 bits per heavy atom. The van der Waals surface area contributed by atoms with Gasteiger partial charge < -0.3 is 29.3 Å². The Kier molecular flexibility index (Phi) is 14.0. The average Bonchev–Trinajstić information content (AvgIpc) is 3.25. The summed E-state index contributed by atoms with van der Waals surface area (Å²) in [4.78, 5) is 11.9. The summed E-state index contributed by atoms with van der Waals surface area (Å²) in [6, 6.07) is 21.7. The number of aliphatic hydroxyl groups is 2. The molecule has 2 heterocycles. The van der Waals surface area contributed by atoms with Crippen molar-refractivity contribution in [2.24, 2.45) is 22.9 Å². The first kappa shape index (κ1) is 44.8. The summed E-state index contributed by atoms with van der Waals surface area (Å²) >= 11 is 1.66. The van der Waals surface area contributed by atoms with Crippen molar-refractivity contribution in [3.8, 4) is 17.2 Å². The van der Waals surface area contributed by atoms with E-state index in [4.69, 9.17) is 24.2 Å². The smallest absolute Gasteiger partial charge is 0.245 e. The number of likely N-dealkylation sites (N-methyl/N-ethyl adjacent to an activating group) is 1. The molecule has 1 saturated carbocycles. The van der Waals surface area contributed by atoms with E-state index in [1.807, 2.05) is 75.6 Å². The SMILES string of the molecule is C=CCO[C@@]12Oc3ccc(Oc4ccc(SC)cc4)cc3[C@H]3[C@H](CCCCO)[C@@H](CCCCO)C=C(C(=NOC(C)(C)C)C[C@@H]1N(C)S(=O)(=O)c1cccc4cccnc14)[C@H]32. The molecular formula is C48H59N3O8S2. The molecule has 13 heteroatoms. The van der Waals surface area contributed by atoms with Crippen LogP contribution in [0.3, 0.4) is 0 Å². The Hall–Kier alpha value is -4.24. The minimum absolute atomic E-state index is 0.0113. The Morgan fingerprint density at radius 2 is 1.72 bits per heavy atom. The molecule has 0 radical (unpaired) electrons. The van der Waals surface area contributed by atoms with Gasteiger partial charge in [0.15, 0.2) is 0 Å². The third-order valence-electron chi connectivity index (χ3n) is 12.1. The van der Waals surface area contributed by atoms with Gasteiger partial charge in [0.25, 0.3) is 0 Å². The van der Waals surface area contributed by atoms with Crippen LogP contribution in [0.2, 0.25) is 0 Å².